The zero-order valence-electron chi connectivity index (χ0n) is 16.9. The van der Waals surface area contributed by atoms with Crippen LogP contribution in [0.2, 0.25) is 0 Å². The van der Waals surface area contributed by atoms with Crippen LogP contribution in [0.3, 0.4) is 0 Å². The Labute approximate surface area is 180 Å². The third-order valence-corrected chi connectivity index (χ3v) is 6.99. The van der Waals surface area contributed by atoms with Gasteiger partial charge in [-0.3, -0.25) is 0 Å². The van der Waals surface area contributed by atoms with Gasteiger partial charge < -0.3 is 20.1 Å². The molecule has 1 aromatic heterocycles. The van der Waals surface area contributed by atoms with Crippen LogP contribution in [0.15, 0.2) is 48.6 Å². The molecule has 4 rings (SSSR count). The van der Waals surface area contributed by atoms with Crippen LogP contribution < -0.4 is 0 Å². The van der Waals surface area contributed by atoms with Crippen molar-refractivity contribution >= 4 is 16.9 Å². The molecule has 1 aromatic carbocycles. The third-order valence-electron chi connectivity index (χ3n) is 5.85. The second kappa shape index (κ2) is 9.12. The average molecular weight is 431 g/mol. The minimum atomic E-state index is -1.07. The Bertz CT molecular complexity index is 950. The predicted octanol–water partition coefficient (Wildman–Crippen LogP) is 3.87. The molecule has 6 heteroatoms. The molecule has 1 fully saturated rings. The second-order valence-electron chi connectivity index (χ2n) is 8.04. The van der Waals surface area contributed by atoms with Crippen molar-refractivity contribution in [2.75, 3.05) is 6.61 Å². The molecule has 2 aromatic rings. The number of aliphatic hydroxyl groups is 3. The number of rotatable bonds is 5. The highest BCUT2D eigenvalue weighted by Crippen LogP contribution is 2.34. The van der Waals surface area contributed by atoms with Crippen molar-refractivity contribution in [2.45, 2.75) is 56.8 Å². The van der Waals surface area contributed by atoms with Crippen molar-refractivity contribution in [3.05, 3.63) is 75.0 Å². The molecule has 160 valence electrons. The minimum Gasteiger partial charge on any atom is -0.394 e. The third kappa shape index (κ3) is 4.58. The van der Waals surface area contributed by atoms with E-state index in [9.17, 15) is 19.7 Å². The van der Waals surface area contributed by atoms with E-state index in [1.54, 1.807) is 17.4 Å². The van der Waals surface area contributed by atoms with Gasteiger partial charge in [0.05, 0.1) is 18.8 Å². The summed E-state index contributed by atoms with van der Waals surface area (Å²) in [6, 6.07) is 10.3. The number of aryl methyl sites for hydroxylation is 1. The fraction of sp³-hybridized carbons (Fsp3) is 0.417. The standard InChI is InChI=1S/C24H27FO4S/c1-14-2-3-16(21-12-20(27)24(28)22(13-26)29-21)10-17(14)11-19-8-9-23(30-19)15-4-6-18(25)7-5-15/h2-6,8-10,18,20-22,24,26-28H,7,11-13H2,1H3. The maximum absolute atomic E-state index is 13.3. The molecule has 1 aliphatic carbocycles. The van der Waals surface area contributed by atoms with E-state index < -0.39 is 24.5 Å². The van der Waals surface area contributed by atoms with Gasteiger partial charge in [0.15, 0.2) is 0 Å². The summed E-state index contributed by atoms with van der Waals surface area (Å²) in [5.74, 6) is 0. The molecule has 3 N–H and O–H groups in total. The summed E-state index contributed by atoms with van der Waals surface area (Å²) < 4.78 is 19.2. The molecule has 0 bridgehead atoms. The Hall–Kier alpha value is -1.83. The first-order valence-corrected chi connectivity index (χ1v) is 11.1. The number of thiophene rings is 1. The summed E-state index contributed by atoms with van der Waals surface area (Å²) in [7, 11) is 0. The molecule has 5 atom stereocenters. The van der Waals surface area contributed by atoms with E-state index in [4.69, 9.17) is 4.74 Å². The zero-order chi connectivity index (χ0) is 21.3. The molecule has 0 amide bonds. The number of hydrogen-bond acceptors (Lipinski definition) is 5. The largest absolute Gasteiger partial charge is 0.394 e. The highest BCUT2D eigenvalue weighted by molar-refractivity contribution is 7.13. The molecule has 2 aliphatic rings. The van der Waals surface area contributed by atoms with Crippen molar-refractivity contribution in [2.24, 2.45) is 0 Å². The Balaban J connectivity index is 1.51. The van der Waals surface area contributed by atoms with Crippen LogP contribution in [0.1, 0.15) is 45.4 Å². The molecule has 1 saturated heterocycles. The van der Waals surface area contributed by atoms with Crippen molar-refractivity contribution < 1.29 is 24.4 Å². The van der Waals surface area contributed by atoms with E-state index >= 15 is 0 Å². The van der Waals surface area contributed by atoms with Gasteiger partial charge in [0.25, 0.3) is 0 Å². The van der Waals surface area contributed by atoms with Crippen molar-refractivity contribution in [3.63, 3.8) is 0 Å². The van der Waals surface area contributed by atoms with Crippen molar-refractivity contribution in [1.82, 2.24) is 0 Å². The monoisotopic (exact) mass is 430 g/mol. The molecule has 1 aliphatic heterocycles. The Kier molecular flexibility index (Phi) is 6.51. The average Bonchev–Trinajstić information content (AvgIpc) is 3.20. The maximum Gasteiger partial charge on any atom is 0.122 e. The van der Waals surface area contributed by atoms with Crippen LogP contribution in [-0.4, -0.2) is 46.4 Å². The van der Waals surface area contributed by atoms with Gasteiger partial charge in [-0.2, -0.15) is 0 Å². The van der Waals surface area contributed by atoms with Crippen LogP contribution in [0, 0.1) is 6.92 Å². The van der Waals surface area contributed by atoms with Gasteiger partial charge in [0.2, 0.25) is 0 Å². The van der Waals surface area contributed by atoms with Crippen molar-refractivity contribution in [3.8, 4) is 0 Å². The molecule has 0 radical (unpaired) electrons. The van der Waals surface area contributed by atoms with Gasteiger partial charge in [-0.1, -0.05) is 30.4 Å². The summed E-state index contributed by atoms with van der Waals surface area (Å²) in [6.07, 6.45) is 2.86. The summed E-state index contributed by atoms with van der Waals surface area (Å²) in [4.78, 5) is 2.36. The predicted molar refractivity (Wildman–Crippen MR) is 116 cm³/mol. The van der Waals surface area contributed by atoms with Gasteiger partial charge in [0.1, 0.15) is 18.4 Å². The molecule has 0 saturated carbocycles. The molecule has 2 heterocycles. The lowest BCUT2D eigenvalue weighted by Gasteiger charge is -2.36. The number of benzene rings is 1. The SMILES string of the molecule is Cc1ccc(C2CC(O)C(O)C(CO)O2)cc1Cc1ccc(C2=CCC(F)C=C2)s1. The quantitative estimate of drug-likeness (QED) is 0.674. The van der Waals surface area contributed by atoms with Crippen LogP contribution in [-0.2, 0) is 11.2 Å². The Morgan fingerprint density at radius 3 is 2.77 bits per heavy atom. The number of alkyl halides is 1. The molecule has 30 heavy (non-hydrogen) atoms. The van der Waals surface area contributed by atoms with E-state index in [-0.39, 0.29) is 12.7 Å². The summed E-state index contributed by atoms with van der Waals surface area (Å²) in [5, 5.41) is 29.5. The smallest absolute Gasteiger partial charge is 0.122 e. The first-order chi connectivity index (χ1) is 14.4. The van der Waals surface area contributed by atoms with Gasteiger partial charge >= 0.3 is 0 Å². The number of allylic oxidation sites excluding steroid dienone is 4. The number of hydrogen-bond donors (Lipinski definition) is 3. The van der Waals surface area contributed by atoms with E-state index in [0.717, 1.165) is 22.4 Å². The van der Waals surface area contributed by atoms with E-state index in [2.05, 4.69) is 25.1 Å². The summed E-state index contributed by atoms with van der Waals surface area (Å²) >= 11 is 1.71. The molecule has 4 nitrogen and oxygen atoms in total. The van der Waals surface area contributed by atoms with Crippen LogP contribution in [0.5, 0.6) is 0 Å². The van der Waals surface area contributed by atoms with Crippen molar-refractivity contribution in [1.29, 1.82) is 0 Å². The summed E-state index contributed by atoms with van der Waals surface area (Å²) in [5.41, 5.74) is 4.34. The fourth-order valence-electron chi connectivity index (χ4n) is 3.99. The fourth-order valence-corrected chi connectivity index (χ4v) is 5.05. The lowest BCUT2D eigenvalue weighted by molar-refractivity contribution is -0.181. The molecular weight excluding hydrogens is 403 g/mol. The second-order valence-corrected chi connectivity index (χ2v) is 9.21. The van der Waals surface area contributed by atoms with Gasteiger partial charge in [0, 0.05) is 29.0 Å². The number of halogens is 1. The zero-order valence-corrected chi connectivity index (χ0v) is 17.7. The van der Waals surface area contributed by atoms with E-state index in [1.807, 2.05) is 24.3 Å². The Morgan fingerprint density at radius 2 is 2.03 bits per heavy atom. The highest BCUT2D eigenvalue weighted by Gasteiger charge is 2.37. The first-order valence-electron chi connectivity index (χ1n) is 10.3. The van der Waals surface area contributed by atoms with Gasteiger partial charge in [-0.25, -0.2) is 4.39 Å². The maximum atomic E-state index is 13.3. The minimum absolute atomic E-state index is 0.291. The normalized spacial score (nSPS) is 29.1. The number of aliphatic hydroxyl groups excluding tert-OH is 3. The van der Waals surface area contributed by atoms with E-state index in [1.165, 1.54) is 16.0 Å². The Morgan fingerprint density at radius 1 is 1.20 bits per heavy atom. The molecule has 0 spiro atoms. The van der Waals surface area contributed by atoms with Crippen LogP contribution in [0.4, 0.5) is 4.39 Å². The lowest BCUT2D eigenvalue weighted by Crippen LogP contribution is -2.47. The van der Waals surface area contributed by atoms with Gasteiger partial charge in [-0.05, 0) is 47.4 Å². The van der Waals surface area contributed by atoms with Crippen LogP contribution in [0.25, 0.3) is 5.57 Å². The lowest BCUT2D eigenvalue weighted by atomic mass is 9.92. The highest BCUT2D eigenvalue weighted by atomic mass is 32.1. The molecular formula is C24H27FO4S. The first kappa shape index (κ1) is 21.4. The molecule has 5 unspecified atom stereocenters. The van der Waals surface area contributed by atoms with Crippen LogP contribution >= 0.6 is 11.3 Å². The van der Waals surface area contributed by atoms with E-state index in [0.29, 0.717) is 12.8 Å². The summed E-state index contributed by atoms with van der Waals surface area (Å²) in [6.45, 7) is 1.73. The van der Waals surface area contributed by atoms with Gasteiger partial charge in [-0.15, -0.1) is 11.3 Å². The topological polar surface area (TPSA) is 69.9 Å². The number of ether oxygens (including phenoxy) is 1.